The zero-order chi connectivity index (χ0) is 15.7. The van der Waals surface area contributed by atoms with Gasteiger partial charge < -0.3 is 4.90 Å². The Morgan fingerprint density at radius 2 is 2.14 bits per heavy atom. The van der Waals surface area contributed by atoms with E-state index >= 15 is 0 Å². The molecule has 0 radical (unpaired) electrons. The Hall–Kier alpha value is -0.780. The van der Waals surface area contributed by atoms with Gasteiger partial charge in [-0.1, -0.05) is 23.4 Å². The van der Waals surface area contributed by atoms with Crippen molar-refractivity contribution >= 4 is 50.8 Å². The summed E-state index contributed by atoms with van der Waals surface area (Å²) >= 11 is 9.14. The highest BCUT2D eigenvalue weighted by Crippen LogP contribution is 2.32. The van der Waals surface area contributed by atoms with Crippen LogP contribution in [0.5, 0.6) is 0 Å². The van der Waals surface area contributed by atoms with Crippen molar-refractivity contribution < 1.29 is 4.79 Å². The van der Waals surface area contributed by atoms with Gasteiger partial charge in [-0.15, -0.1) is 11.3 Å². The Balaban J connectivity index is 1.66. The first-order valence-corrected chi connectivity index (χ1v) is 9.72. The van der Waals surface area contributed by atoms with E-state index in [0.717, 1.165) is 27.4 Å². The molecule has 0 N–H and O–H groups in total. The Labute approximate surface area is 144 Å². The number of likely N-dealkylation sites (tertiary alicyclic amines) is 1. The third kappa shape index (κ3) is 3.42. The first-order chi connectivity index (χ1) is 10.5. The first-order valence-electron chi connectivity index (χ1n) is 7.54. The van der Waals surface area contributed by atoms with E-state index in [2.05, 4.69) is 23.7 Å². The number of rotatable bonds is 3. The minimum absolute atomic E-state index is 0.224. The van der Waals surface area contributed by atoms with Gasteiger partial charge in [0, 0.05) is 17.1 Å². The van der Waals surface area contributed by atoms with Crippen LogP contribution in [0.1, 0.15) is 33.1 Å². The standard InChI is InChI=1S/C16H19ClN2OS2/c1-10-4-3-5-11(2)19(10)15(20)9-21-16-18-13-8-12(17)6-7-14(13)22-16/h6-8,10-11H,3-5,9H2,1-2H3/t10-,11+. The number of amides is 1. The van der Waals surface area contributed by atoms with Crippen LogP contribution >= 0.6 is 34.7 Å². The first kappa shape index (κ1) is 16.1. The third-order valence-corrected chi connectivity index (χ3v) is 6.53. The molecule has 2 aromatic rings. The van der Waals surface area contributed by atoms with E-state index in [-0.39, 0.29) is 5.91 Å². The number of piperidine rings is 1. The average Bonchev–Trinajstić information content (AvgIpc) is 2.87. The normalized spacial score (nSPS) is 22.2. The Kier molecular flexibility index (Phi) is 4.95. The Morgan fingerprint density at radius 1 is 1.41 bits per heavy atom. The highest BCUT2D eigenvalue weighted by Gasteiger charge is 2.28. The van der Waals surface area contributed by atoms with Crippen LogP contribution in [-0.4, -0.2) is 33.6 Å². The summed E-state index contributed by atoms with van der Waals surface area (Å²) < 4.78 is 2.04. The van der Waals surface area contributed by atoms with Gasteiger partial charge in [-0.25, -0.2) is 4.98 Å². The molecule has 1 fully saturated rings. The molecule has 0 aliphatic carbocycles. The predicted molar refractivity (Wildman–Crippen MR) is 95.0 cm³/mol. The summed E-state index contributed by atoms with van der Waals surface area (Å²) in [4.78, 5) is 19.1. The number of hydrogen-bond acceptors (Lipinski definition) is 4. The molecule has 118 valence electrons. The van der Waals surface area contributed by atoms with Crippen molar-refractivity contribution in [2.75, 3.05) is 5.75 Å². The second-order valence-corrected chi connectivity index (χ2v) is 8.50. The highest BCUT2D eigenvalue weighted by atomic mass is 35.5. The van der Waals surface area contributed by atoms with Gasteiger partial charge in [-0.05, 0) is 51.3 Å². The third-order valence-electron chi connectivity index (χ3n) is 4.13. The minimum Gasteiger partial charge on any atom is -0.337 e. The molecule has 0 unspecified atom stereocenters. The van der Waals surface area contributed by atoms with E-state index < -0.39 is 0 Å². The summed E-state index contributed by atoms with van der Waals surface area (Å²) in [6.07, 6.45) is 3.44. The van der Waals surface area contributed by atoms with Crippen LogP contribution in [0.2, 0.25) is 5.02 Å². The fourth-order valence-corrected chi connectivity index (χ4v) is 5.14. The van der Waals surface area contributed by atoms with Crippen LogP contribution in [0.25, 0.3) is 10.2 Å². The quantitative estimate of drug-likeness (QED) is 0.740. The summed E-state index contributed by atoms with van der Waals surface area (Å²) in [5.74, 6) is 0.685. The minimum atomic E-state index is 0.224. The number of thiazole rings is 1. The number of aromatic nitrogens is 1. The van der Waals surface area contributed by atoms with Gasteiger partial charge in [0.05, 0.1) is 16.0 Å². The molecule has 22 heavy (non-hydrogen) atoms. The van der Waals surface area contributed by atoms with Crippen LogP contribution in [0.15, 0.2) is 22.5 Å². The molecule has 1 aromatic heterocycles. The molecular formula is C16H19ClN2OS2. The highest BCUT2D eigenvalue weighted by molar-refractivity contribution is 8.01. The van der Waals surface area contributed by atoms with E-state index in [4.69, 9.17) is 11.6 Å². The molecule has 1 saturated heterocycles. The molecule has 0 saturated carbocycles. The van der Waals surface area contributed by atoms with Crippen molar-refractivity contribution in [2.24, 2.45) is 0 Å². The van der Waals surface area contributed by atoms with E-state index in [0.29, 0.717) is 22.9 Å². The van der Waals surface area contributed by atoms with Crippen molar-refractivity contribution in [2.45, 2.75) is 49.5 Å². The Bertz CT molecular complexity index is 678. The molecule has 1 amide bonds. The van der Waals surface area contributed by atoms with Crippen molar-refractivity contribution in [3.8, 4) is 0 Å². The fraction of sp³-hybridized carbons (Fsp3) is 0.500. The van der Waals surface area contributed by atoms with Gasteiger partial charge in [0.1, 0.15) is 0 Å². The van der Waals surface area contributed by atoms with Gasteiger partial charge in [0.15, 0.2) is 4.34 Å². The lowest BCUT2D eigenvalue weighted by atomic mass is 9.98. The summed E-state index contributed by atoms with van der Waals surface area (Å²) in [6.45, 7) is 4.30. The summed E-state index contributed by atoms with van der Waals surface area (Å²) in [7, 11) is 0. The van der Waals surface area contributed by atoms with Gasteiger partial charge >= 0.3 is 0 Å². The smallest absolute Gasteiger partial charge is 0.233 e. The number of fused-ring (bicyclic) bond motifs is 1. The molecule has 2 heterocycles. The monoisotopic (exact) mass is 354 g/mol. The maximum atomic E-state index is 12.5. The van der Waals surface area contributed by atoms with Crippen LogP contribution in [0.3, 0.4) is 0 Å². The molecule has 0 bridgehead atoms. The topological polar surface area (TPSA) is 33.2 Å². The summed E-state index contributed by atoms with van der Waals surface area (Å²) in [6, 6.07) is 6.43. The number of halogens is 1. The average molecular weight is 355 g/mol. The molecule has 1 aliphatic rings. The van der Waals surface area contributed by atoms with Crippen molar-refractivity contribution in [1.82, 2.24) is 9.88 Å². The van der Waals surface area contributed by atoms with E-state index in [1.165, 1.54) is 18.2 Å². The number of benzene rings is 1. The molecule has 3 nitrogen and oxygen atoms in total. The summed E-state index contributed by atoms with van der Waals surface area (Å²) in [5.41, 5.74) is 0.909. The fourth-order valence-electron chi connectivity index (χ4n) is 3.05. The van der Waals surface area contributed by atoms with E-state index in [1.807, 2.05) is 18.2 Å². The maximum Gasteiger partial charge on any atom is 0.233 e. The van der Waals surface area contributed by atoms with E-state index in [1.54, 1.807) is 11.3 Å². The van der Waals surface area contributed by atoms with Crippen molar-refractivity contribution in [3.63, 3.8) is 0 Å². The Morgan fingerprint density at radius 3 is 2.86 bits per heavy atom. The lowest BCUT2D eigenvalue weighted by Gasteiger charge is -2.39. The lowest BCUT2D eigenvalue weighted by molar-refractivity contribution is -0.134. The van der Waals surface area contributed by atoms with Crippen LogP contribution in [0.4, 0.5) is 0 Å². The predicted octanol–water partition coefficient (Wildman–Crippen LogP) is 4.83. The molecule has 1 aromatic carbocycles. The van der Waals surface area contributed by atoms with Gasteiger partial charge in [0.2, 0.25) is 5.91 Å². The lowest BCUT2D eigenvalue weighted by Crippen LogP contribution is -2.48. The maximum absolute atomic E-state index is 12.5. The molecule has 1 aliphatic heterocycles. The summed E-state index contributed by atoms with van der Waals surface area (Å²) in [5, 5.41) is 0.696. The van der Waals surface area contributed by atoms with E-state index in [9.17, 15) is 4.79 Å². The molecule has 0 spiro atoms. The number of carbonyl (C=O) groups is 1. The number of thioether (sulfide) groups is 1. The number of nitrogens with zero attached hydrogens (tertiary/aromatic N) is 2. The SMILES string of the molecule is C[C@@H]1CCC[C@H](C)N1C(=O)CSc1nc2cc(Cl)ccc2s1. The van der Waals surface area contributed by atoms with Crippen LogP contribution < -0.4 is 0 Å². The zero-order valence-electron chi connectivity index (χ0n) is 12.7. The largest absolute Gasteiger partial charge is 0.337 e. The van der Waals surface area contributed by atoms with Gasteiger partial charge in [-0.2, -0.15) is 0 Å². The molecular weight excluding hydrogens is 336 g/mol. The van der Waals surface area contributed by atoms with Gasteiger partial charge in [-0.3, -0.25) is 4.79 Å². The number of carbonyl (C=O) groups excluding carboxylic acids is 1. The second-order valence-electron chi connectivity index (χ2n) is 5.81. The van der Waals surface area contributed by atoms with Crippen LogP contribution in [0, 0.1) is 0 Å². The van der Waals surface area contributed by atoms with Crippen molar-refractivity contribution in [3.05, 3.63) is 23.2 Å². The van der Waals surface area contributed by atoms with Gasteiger partial charge in [0.25, 0.3) is 0 Å². The second kappa shape index (κ2) is 6.77. The molecule has 2 atom stereocenters. The zero-order valence-corrected chi connectivity index (χ0v) is 15.1. The number of hydrogen-bond donors (Lipinski definition) is 0. The molecule has 3 rings (SSSR count). The van der Waals surface area contributed by atoms with Crippen LogP contribution in [-0.2, 0) is 4.79 Å². The molecule has 6 heteroatoms. The van der Waals surface area contributed by atoms with Crippen molar-refractivity contribution in [1.29, 1.82) is 0 Å².